The van der Waals surface area contributed by atoms with Crippen LogP contribution >= 0.6 is 11.6 Å². The first kappa shape index (κ1) is 12.4. The summed E-state index contributed by atoms with van der Waals surface area (Å²) in [7, 11) is 1.07. The summed E-state index contributed by atoms with van der Waals surface area (Å²) in [5.74, 6) is -2.75. The Balaban J connectivity index is 2.65. The number of nitrogens with zero attached hydrogens (tertiary/aromatic N) is 1. The minimum absolute atomic E-state index is 0.0512. The summed E-state index contributed by atoms with van der Waals surface area (Å²) in [6.45, 7) is -0.236. The van der Waals surface area contributed by atoms with Gasteiger partial charge in [-0.15, -0.1) is 0 Å². The second kappa shape index (κ2) is 5.41. The van der Waals surface area contributed by atoms with Gasteiger partial charge in [0, 0.05) is 6.20 Å². The number of esters is 1. The fraction of sp³-hybridized carbons (Fsp3) is 0.222. The van der Waals surface area contributed by atoms with E-state index in [9.17, 15) is 14.0 Å². The minimum Gasteiger partial charge on any atom is -0.462 e. The third-order valence-corrected chi connectivity index (χ3v) is 1.99. The molecule has 0 saturated heterocycles. The van der Waals surface area contributed by atoms with Crippen molar-refractivity contribution < 1.29 is 18.7 Å². The van der Waals surface area contributed by atoms with Crippen LogP contribution in [0.15, 0.2) is 12.3 Å². The Labute approximate surface area is 95.6 Å². The van der Waals surface area contributed by atoms with Gasteiger partial charge < -0.3 is 10.1 Å². The van der Waals surface area contributed by atoms with Gasteiger partial charge in [-0.05, 0) is 6.07 Å². The van der Waals surface area contributed by atoms with E-state index in [0.717, 1.165) is 7.11 Å². The van der Waals surface area contributed by atoms with Crippen molar-refractivity contribution >= 4 is 23.5 Å². The van der Waals surface area contributed by atoms with Gasteiger partial charge in [0.05, 0.1) is 24.4 Å². The second-order valence-electron chi connectivity index (χ2n) is 2.73. The third-order valence-electron chi connectivity index (χ3n) is 1.70. The molecule has 1 heterocycles. The van der Waals surface area contributed by atoms with Gasteiger partial charge in [0.2, 0.25) is 0 Å². The van der Waals surface area contributed by atoms with Crippen LogP contribution in [-0.4, -0.2) is 24.0 Å². The first-order valence-electron chi connectivity index (χ1n) is 4.21. The number of amides is 1. The van der Waals surface area contributed by atoms with Gasteiger partial charge in [-0.2, -0.15) is 0 Å². The van der Waals surface area contributed by atoms with E-state index in [-0.39, 0.29) is 17.3 Å². The molecular weight excluding hydrogens is 239 g/mol. The van der Waals surface area contributed by atoms with E-state index >= 15 is 0 Å². The third kappa shape index (κ3) is 2.90. The van der Waals surface area contributed by atoms with Gasteiger partial charge >= 0.3 is 11.9 Å². The van der Waals surface area contributed by atoms with Crippen molar-refractivity contribution in [2.45, 2.75) is 6.54 Å². The normalized spacial score (nSPS) is 9.69. The maximum Gasteiger partial charge on any atom is 0.396 e. The molecule has 1 amide bonds. The lowest BCUT2D eigenvalue weighted by atomic mass is 10.3. The second-order valence-corrected chi connectivity index (χ2v) is 3.13. The molecular formula is C9H8ClFN2O3. The molecule has 5 nitrogen and oxygen atoms in total. The molecule has 0 atom stereocenters. The number of hydrogen-bond donors (Lipinski definition) is 1. The zero-order valence-corrected chi connectivity index (χ0v) is 9.05. The van der Waals surface area contributed by atoms with E-state index in [2.05, 4.69) is 15.0 Å². The molecule has 0 bridgehead atoms. The van der Waals surface area contributed by atoms with Gasteiger partial charge in [-0.1, -0.05) is 11.6 Å². The monoisotopic (exact) mass is 246 g/mol. The molecule has 0 saturated carbocycles. The number of aromatic nitrogens is 1. The lowest BCUT2D eigenvalue weighted by molar-refractivity contribution is -0.152. The number of nitrogens with one attached hydrogen (secondary N) is 1. The maximum absolute atomic E-state index is 13.3. The standard InChI is InChI=1S/C9H8ClFN2O3/c1-16-9(15)8(14)13-4-6-7(11)5(10)2-3-12-6/h2-3H,4H2,1H3,(H,13,14). The number of pyridine rings is 1. The molecule has 7 heteroatoms. The maximum atomic E-state index is 13.3. The Kier molecular flexibility index (Phi) is 4.19. The highest BCUT2D eigenvalue weighted by molar-refractivity contribution is 6.32. The Morgan fingerprint density at radius 3 is 2.94 bits per heavy atom. The molecule has 0 aromatic carbocycles. The summed E-state index contributed by atoms with van der Waals surface area (Å²) >= 11 is 5.50. The number of methoxy groups -OCH3 is 1. The number of carbonyl (C=O) groups is 2. The summed E-state index contributed by atoms with van der Waals surface area (Å²) < 4.78 is 17.4. The average Bonchev–Trinajstić information content (AvgIpc) is 2.29. The van der Waals surface area contributed by atoms with E-state index in [0.29, 0.717) is 0 Å². The van der Waals surface area contributed by atoms with E-state index in [1.165, 1.54) is 12.3 Å². The lowest BCUT2D eigenvalue weighted by Gasteiger charge is -2.04. The van der Waals surface area contributed by atoms with Gasteiger partial charge in [-0.3, -0.25) is 9.78 Å². The number of carbonyl (C=O) groups excluding carboxylic acids is 2. The van der Waals surface area contributed by atoms with Crippen molar-refractivity contribution in [3.8, 4) is 0 Å². The fourth-order valence-corrected chi connectivity index (χ4v) is 1.08. The molecule has 16 heavy (non-hydrogen) atoms. The SMILES string of the molecule is COC(=O)C(=O)NCc1nccc(Cl)c1F. The quantitative estimate of drug-likeness (QED) is 0.615. The number of hydrogen-bond acceptors (Lipinski definition) is 4. The van der Waals surface area contributed by atoms with Crippen LogP contribution in [0.4, 0.5) is 4.39 Å². The summed E-state index contributed by atoms with van der Waals surface area (Å²) in [4.78, 5) is 25.4. The Hall–Kier alpha value is -1.69. The summed E-state index contributed by atoms with van der Waals surface area (Å²) in [6.07, 6.45) is 1.30. The molecule has 1 rings (SSSR count). The van der Waals surface area contributed by atoms with Crippen LogP contribution in [0.3, 0.4) is 0 Å². The first-order valence-corrected chi connectivity index (χ1v) is 4.59. The number of ether oxygens (including phenoxy) is 1. The number of rotatable bonds is 2. The highest BCUT2D eigenvalue weighted by atomic mass is 35.5. The first-order chi connectivity index (χ1) is 7.56. The van der Waals surface area contributed by atoms with E-state index in [1.54, 1.807) is 0 Å². The summed E-state index contributed by atoms with van der Waals surface area (Å²) in [5.41, 5.74) is -0.0512. The Morgan fingerprint density at radius 2 is 2.31 bits per heavy atom. The summed E-state index contributed by atoms with van der Waals surface area (Å²) in [5, 5.41) is 2.04. The van der Waals surface area contributed by atoms with Gasteiger partial charge in [0.15, 0.2) is 5.82 Å². The topological polar surface area (TPSA) is 68.3 Å². The van der Waals surface area contributed by atoms with Crippen LogP contribution in [-0.2, 0) is 20.9 Å². The van der Waals surface area contributed by atoms with Gasteiger partial charge in [-0.25, -0.2) is 9.18 Å². The molecule has 86 valence electrons. The van der Waals surface area contributed by atoms with Crippen LogP contribution in [0.2, 0.25) is 5.02 Å². The molecule has 1 aromatic heterocycles. The highest BCUT2D eigenvalue weighted by Gasteiger charge is 2.15. The predicted molar refractivity (Wildman–Crippen MR) is 53.1 cm³/mol. The average molecular weight is 247 g/mol. The molecule has 0 aliphatic carbocycles. The van der Waals surface area contributed by atoms with Crippen molar-refractivity contribution in [1.29, 1.82) is 0 Å². The minimum atomic E-state index is -1.05. The van der Waals surface area contributed by atoms with Crippen LogP contribution in [0.5, 0.6) is 0 Å². The van der Waals surface area contributed by atoms with Crippen molar-refractivity contribution in [3.05, 3.63) is 28.8 Å². The van der Waals surface area contributed by atoms with Crippen molar-refractivity contribution in [3.63, 3.8) is 0 Å². The molecule has 0 fully saturated rings. The van der Waals surface area contributed by atoms with Gasteiger partial charge in [0.1, 0.15) is 0 Å². The molecule has 0 aliphatic heterocycles. The molecule has 1 aromatic rings. The van der Waals surface area contributed by atoms with Crippen LogP contribution < -0.4 is 5.32 Å². The van der Waals surface area contributed by atoms with Crippen LogP contribution in [0.1, 0.15) is 5.69 Å². The van der Waals surface area contributed by atoms with Gasteiger partial charge in [0.25, 0.3) is 0 Å². The summed E-state index contributed by atoms with van der Waals surface area (Å²) in [6, 6.07) is 1.28. The molecule has 0 aliphatic rings. The van der Waals surface area contributed by atoms with Crippen LogP contribution in [0, 0.1) is 5.82 Å². The van der Waals surface area contributed by atoms with E-state index < -0.39 is 17.7 Å². The number of halogens is 2. The highest BCUT2D eigenvalue weighted by Crippen LogP contribution is 2.15. The largest absolute Gasteiger partial charge is 0.462 e. The zero-order chi connectivity index (χ0) is 12.1. The smallest absolute Gasteiger partial charge is 0.396 e. The van der Waals surface area contributed by atoms with E-state index in [1.807, 2.05) is 0 Å². The molecule has 0 unspecified atom stereocenters. The Morgan fingerprint density at radius 1 is 1.62 bits per heavy atom. The van der Waals surface area contributed by atoms with Crippen molar-refractivity contribution in [2.75, 3.05) is 7.11 Å². The lowest BCUT2D eigenvalue weighted by Crippen LogP contribution is -2.31. The zero-order valence-electron chi connectivity index (χ0n) is 8.29. The van der Waals surface area contributed by atoms with Crippen molar-refractivity contribution in [1.82, 2.24) is 10.3 Å². The Bertz CT molecular complexity index is 425. The van der Waals surface area contributed by atoms with Crippen molar-refractivity contribution in [2.24, 2.45) is 0 Å². The molecule has 0 spiro atoms. The molecule has 0 radical (unpaired) electrons. The molecule has 1 N–H and O–H groups in total. The predicted octanol–water partition coefficient (Wildman–Crippen LogP) is 0.663. The fourth-order valence-electron chi connectivity index (χ4n) is 0.912. The van der Waals surface area contributed by atoms with Crippen LogP contribution in [0.25, 0.3) is 0 Å². The van der Waals surface area contributed by atoms with E-state index in [4.69, 9.17) is 11.6 Å².